The largest absolute Gasteiger partial charge is 0.495 e. The number of ether oxygens (including phenoxy) is 2. The summed E-state index contributed by atoms with van der Waals surface area (Å²) in [4.78, 5) is 10.3. The van der Waals surface area contributed by atoms with E-state index >= 15 is 0 Å². The highest BCUT2D eigenvalue weighted by molar-refractivity contribution is 6.32. The highest BCUT2D eigenvalue weighted by Crippen LogP contribution is 2.46. The average molecular weight is 430 g/mol. The summed E-state index contributed by atoms with van der Waals surface area (Å²) in [6.07, 6.45) is 1.57. The minimum atomic E-state index is -4.95. The van der Waals surface area contributed by atoms with Crippen LogP contribution in [0.5, 0.6) is 5.75 Å². The maximum atomic E-state index is 11.5. The zero-order chi connectivity index (χ0) is 20.7. The van der Waals surface area contributed by atoms with Crippen molar-refractivity contribution in [3.8, 4) is 5.75 Å². The lowest BCUT2D eigenvalue weighted by Crippen LogP contribution is -2.64. The van der Waals surface area contributed by atoms with E-state index in [0.29, 0.717) is 5.56 Å². The minimum absolute atomic E-state index is 0.0445. The summed E-state index contributed by atoms with van der Waals surface area (Å²) in [6, 6.07) is 7.63. The highest BCUT2D eigenvalue weighted by Gasteiger charge is 2.55. The fourth-order valence-corrected chi connectivity index (χ4v) is 3.63. The molecular weight excluding hydrogens is 417 g/mol. The van der Waals surface area contributed by atoms with Crippen LogP contribution in [0.4, 0.5) is 5.69 Å². The first-order valence-corrected chi connectivity index (χ1v) is 9.29. The van der Waals surface area contributed by atoms with E-state index in [1.54, 1.807) is 6.08 Å². The van der Waals surface area contributed by atoms with E-state index in [0.717, 1.165) is 12.1 Å². The molecule has 148 valence electrons. The van der Waals surface area contributed by atoms with Gasteiger partial charge >= 0.3 is 5.79 Å². The van der Waals surface area contributed by atoms with E-state index in [-0.39, 0.29) is 33.3 Å². The summed E-state index contributed by atoms with van der Waals surface area (Å²) in [5.74, 6) is -1.80. The molecule has 0 aromatic heterocycles. The van der Waals surface area contributed by atoms with Crippen molar-refractivity contribution < 1.29 is 42.9 Å². The number of fused-ring (bicyclic) bond motifs is 1. The van der Waals surface area contributed by atoms with Gasteiger partial charge in [-0.1, -0.05) is 11.6 Å². The molecule has 28 heavy (non-hydrogen) atoms. The maximum absolute atomic E-state index is 11.5. The van der Waals surface area contributed by atoms with Gasteiger partial charge in [0.2, 0.25) is 0 Å². The van der Waals surface area contributed by atoms with Crippen molar-refractivity contribution in [1.82, 2.24) is 0 Å². The number of hydrogen-bond acceptors (Lipinski definition) is 8. The molecule has 0 bridgehead atoms. The summed E-state index contributed by atoms with van der Waals surface area (Å²) in [7, 11) is -3.60. The van der Waals surface area contributed by atoms with Crippen molar-refractivity contribution in [2.45, 2.75) is 12.7 Å². The van der Waals surface area contributed by atoms with Crippen LogP contribution in [0.25, 0.3) is 6.08 Å². The highest BCUT2D eigenvalue weighted by atomic mass is 35.7. The van der Waals surface area contributed by atoms with Crippen LogP contribution in [0.3, 0.4) is 0 Å². The number of nitrogens with zero attached hydrogens (tertiary/aromatic N) is 1. The molecule has 0 saturated carbocycles. The van der Waals surface area contributed by atoms with E-state index < -0.39 is 21.0 Å². The minimum Gasteiger partial charge on any atom is -0.495 e. The van der Waals surface area contributed by atoms with Crippen molar-refractivity contribution in [2.75, 3.05) is 7.11 Å². The third kappa shape index (κ3) is 3.76. The van der Waals surface area contributed by atoms with Crippen molar-refractivity contribution in [3.05, 3.63) is 74.0 Å². The van der Waals surface area contributed by atoms with Gasteiger partial charge in [-0.3, -0.25) is 10.1 Å². The molecular formula is C17H13Cl2NO8. The van der Waals surface area contributed by atoms with Crippen molar-refractivity contribution in [2.24, 2.45) is 0 Å². The van der Waals surface area contributed by atoms with Crippen molar-refractivity contribution in [3.63, 3.8) is 0 Å². The van der Waals surface area contributed by atoms with E-state index in [2.05, 4.69) is 0 Å². The van der Waals surface area contributed by atoms with E-state index in [4.69, 9.17) is 25.4 Å². The summed E-state index contributed by atoms with van der Waals surface area (Å²) in [6.45, 7) is 1.53. The van der Waals surface area contributed by atoms with Gasteiger partial charge in [-0.25, -0.2) is 0 Å². The van der Waals surface area contributed by atoms with Gasteiger partial charge in [-0.2, -0.15) is 14.0 Å². The van der Waals surface area contributed by atoms with Crippen LogP contribution in [0, 0.1) is 20.4 Å². The normalized spacial score (nSPS) is 18.7. The summed E-state index contributed by atoms with van der Waals surface area (Å²) in [5, 5.41) is 11.2. The Hall–Kier alpha value is -2.40. The molecule has 0 fully saturated rings. The van der Waals surface area contributed by atoms with Crippen molar-refractivity contribution >= 4 is 23.4 Å². The molecule has 1 aliphatic heterocycles. The molecule has 1 unspecified atom stereocenters. The van der Waals surface area contributed by atoms with Crippen LogP contribution >= 0.6 is 11.6 Å². The lowest BCUT2D eigenvalue weighted by atomic mass is 9.90. The molecule has 0 radical (unpaired) electrons. The smallest absolute Gasteiger partial charge is 0.415 e. The summed E-state index contributed by atoms with van der Waals surface area (Å²) < 4.78 is 50.3. The molecule has 1 atom stereocenters. The maximum Gasteiger partial charge on any atom is 0.415 e. The molecule has 9 nitrogen and oxygen atoms in total. The van der Waals surface area contributed by atoms with Gasteiger partial charge in [0.1, 0.15) is 10.0 Å². The molecule has 11 heteroatoms. The number of benzene rings is 2. The summed E-state index contributed by atoms with van der Waals surface area (Å²) in [5.41, 5.74) is 0.355. The van der Waals surface area contributed by atoms with Crippen LogP contribution in [0.2, 0.25) is 5.02 Å². The molecule has 0 spiro atoms. The second kappa shape index (κ2) is 7.21. The quantitative estimate of drug-likeness (QED) is 0.500. The number of rotatable bonds is 5. The molecule has 0 saturated heterocycles. The van der Waals surface area contributed by atoms with E-state index in [9.17, 15) is 24.1 Å². The van der Waals surface area contributed by atoms with Crippen LogP contribution in [-0.2, 0) is 14.8 Å². The predicted molar refractivity (Wildman–Crippen MR) is 87.7 cm³/mol. The molecule has 1 aliphatic rings. The first kappa shape index (κ1) is 20.3. The van der Waals surface area contributed by atoms with Crippen LogP contribution < -0.4 is 18.7 Å². The number of hydrogen-bond donors (Lipinski definition) is 0. The van der Waals surface area contributed by atoms with Gasteiger partial charge in [0.25, 0.3) is 5.69 Å². The van der Waals surface area contributed by atoms with Gasteiger partial charge in [0, 0.05) is 17.7 Å². The van der Waals surface area contributed by atoms with Crippen LogP contribution in [0.15, 0.2) is 42.2 Å². The Bertz CT molecular complexity index is 955. The Morgan fingerprint density at radius 2 is 1.82 bits per heavy atom. The first-order chi connectivity index (χ1) is 13.1. The molecule has 0 amide bonds. The molecule has 0 N–H and O–H groups in total. The Morgan fingerprint density at radius 3 is 2.36 bits per heavy atom. The predicted octanol–water partition coefficient (Wildman–Crippen LogP) is 0.763. The Balaban J connectivity index is 2.29. The lowest BCUT2D eigenvalue weighted by molar-refractivity contribution is -1.92. The van der Waals surface area contributed by atoms with Crippen LogP contribution in [-0.4, -0.2) is 12.0 Å². The summed E-state index contributed by atoms with van der Waals surface area (Å²) >= 11 is 6.14. The van der Waals surface area contributed by atoms with E-state index in [1.807, 2.05) is 0 Å². The molecule has 2 aromatic rings. The zero-order valence-electron chi connectivity index (χ0n) is 14.5. The molecule has 1 heterocycles. The van der Waals surface area contributed by atoms with Gasteiger partial charge in [-0.15, -0.1) is 0 Å². The third-order valence-electron chi connectivity index (χ3n) is 4.00. The van der Waals surface area contributed by atoms with Crippen LogP contribution in [0.1, 0.15) is 23.6 Å². The molecule has 3 rings (SSSR count). The molecule has 2 aromatic carbocycles. The monoisotopic (exact) mass is 429 g/mol. The average Bonchev–Trinajstić information content (AvgIpc) is 2.59. The fourth-order valence-electron chi connectivity index (χ4n) is 2.91. The number of nitro benzene ring substituents is 1. The topological polar surface area (TPSA) is 140 Å². The third-order valence-corrected chi connectivity index (χ3v) is 4.70. The lowest BCUT2D eigenvalue weighted by Gasteiger charge is -2.34. The van der Waals surface area contributed by atoms with Gasteiger partial charge in [-0.05, 0) is 42.8 Å². The number of methoxy groups -OCH3 is 1. The van der Waals surface area contributed by atoms with Crippen molar-refractivity contribution in [1.29, 1.82) is 0 Å². The SMILES string of the molecule is COc1cc2c(cc1Cl)C=C(C)OC2(O[Cl+3]([O-])([O-])[O-])c1ccc([N+](=O)[O-])cc1. The Kier molecular flexibility index (Phi) is 5.24. The number of halogens is 2. The molecule has 0 aliphatic carbocycles. The van der Waals surface area contributed by atoms with Gasteiger partial charge in [0.05, 0.1) is 38.6 Å². The second-order valence-corrected chi connectivity index (χ2v) is 7.12. The Labute approximate surface area is 166 Å². The number of non-ortho nitro benzene ring substituents is 1. The second-order valence-electron chi connectivity index (χ2n) is 5.81. The first-order valence-electron chi connectivity index (χ1n) is 7.67. The Morgan fingerprint density at radius 1 is 1.18 bits per heavy atom. The number of allylic oxidation sites excluding steroid dienone is 1. The van der Waals surface area contributed by atoms with Gasteiger partial charge < -0.3 is 9.47 Å². The fraction of sp³-hybridized carbons (Fsp3) is 0.176. The number of nitro groups is 1. The zero-order valence-corrected chi connectivity index (χ0v) is 16.0. The van der Waals surface area contributed by atoms with Gasteiger partial charge in [0.15, 0.2) is 0 Å². The standard InChI is InChI=1S/C17H13Cl2NO8/c1-10-7-11-8-15(18)16(26-2)9-14(11)17(27-10,28-19(21,22)23)12-3-5-13(6-4-12)20(24)25/h3-9H,1-2H3. The van der Waals surface area contributed by atoms with E-state index in [1.165, 1.54) is 38.3 Å².